The van der Waals surface area contributed by atoms with Gasteiger partial charge in [0.15, 0.2) is 5.65 Å². The van der Waals surface area contributed by atoms with Gasteiger partial charge in [-0.15, -0.1) is 0 Å². The van der Waals surface area contributed by atoms with Gasteiger partial charge in [-0.1, -0.05) is 0 Å². The summed E-state index contributed by atoms with van der Waals surface area (Å²) in [6.07, 6.45) is 8.78. The molecule has 0 aromatic carbocycles. The number of carbonyl (C=O) groups excluding carboxylic acids is 1. The Labute approximate surface area is 181 Å². The monoisotopic (exact) mass is 415 g/mol. The number of nitrogens with zero attached hydrogens (tertiary/aromatic N) is 7. The van der Waals surface area contributed by atoms with Gasteiger partial charge in [-0.05, 0) is 51.2 Å². The van der Waals surface area contributed by atoms with Gasteiger partial charge in [-0.3, -0.25) is 4.79 Å². The van der Waals surface area contributed by atoms with Crippen molar-refractivity contribution in [2.24, 2.45) is 0 Å². The van der Waals surface area contributed by atoms with Crippen LogP contribution in [0.25, 0.3) is 5.65 Å². The average Bonchev–Trinajstić information content (AvgIpc) is 3.48. The fourth-order valence-electron chi connectivity index (χ4n) is 4.65. The normalized spacial score (nSPS) is 19.0. The molecule has 1 atom stereocenters. The van der Waals surface area contributed by atoms with E-state index in [1.165, 1.54) is 19.0 Å². The minimum atomic E-state index is -0.117. The number of hydrogen-bond acceptors (Lipinski definition) is 6. The summed E-state index contributed by atoms with van der Waals surface area (Å²) in [5.41, 5.74) is 3.61. The van der Waals surface area contributed by atoms with E-state index in [4.69, 9.17) is 15.3 Å². The fourth-order valence-corrected chi connectivity index (χ4v) is 4.65. The average molecular weight is 416 g/mol. The van der Waals surface area contributed by atoms with Crippen molar-refractivity contribution in [2.45, 2.75) is 45.1 Å². The predicted molar refractivity (Wildman–Crippen MR) is 116 cm³/mol. The second kappa shape index (κ2) is 7.99. The lowest BCUT2D eigenvalue weighted by atomic mass is 9.99. The predicted octanol–water partition coefficient (Wildman–Crippen LogP) is 3.27. The van der Waals surface area contributed by atoms with Gasteiger partial charge in [0.05, 0.1) is 17.3 Å². The molecule has 0 bridgehead atoms. The molecule has 8 nitrogen and oxygen atoms in total. The molecule has 3 aromatic heterocycles. The van der Waals surface area contributed by atoms with Crippen LogP contribution < -0.4 is 4.90 Å². The van der Waals surface area contributed by atoms with Crippen LogP contribution in [0.5, 0.6) is 0 Å². The summed E-state index contributed by atoms with van der Waals surface area (Å²) >= 11 is 0. The third-order valence-corrected chi connectivity index (χ3v) is 6.25. The first kappa shape index (κ1) is 19.5. The zero-order valence-electron chi connectivity index (χ0n) is 17.7. The number of likely N-dealkylation sites (tertiary alicyclic amines) is 1. The SMILES string of the molecule is Cc1cn2nc([C@@H]3CCCCN3C(=O)c3ccc(C#N)cn3)cc2nc1N1CCCC1. The van der Waals surface area contributed by atoms with Gasteiger partial charge in [-0.2, -0.15) is 10.4 Å². The second-order valence-electron chi connectivity index (χ2n) is 8.37. The van der Waals surface area contributed by atoms with Crippen molar-refractivity contribution in [1.82, 2.24) is 24.5 Å². The zero-order valence-corrected chi connectivity index (χ0v) is 17.7. The smallest absolute Gasteiger partial charge is 0.273 e. The standard InChI is InChI=1S/C23H25N7O/c1-16-15-30-21(26-22(16)28-9-4-5-10-28)12-19(27-30)20-6-2-3-11-29(20)23(31)18-8-7-17(13-24)14-25-18/h7-8,12,14-15,20H,2-6,9-11H2,1H3/t20-/m0/s1. The van der Waals surface area contributed by atoms with E-state index in [-0.39, 0.29) is 11.9 Å². The molecule has 2 aliphatic rings. The number of hydrogen-bond donors (Lipinski definition) is 0. The number of rotatable bonds is 3. The van der Waals surface area contributed by atoms with E-state index in [1.807, 2.05) is 27.7 Å². The molecule has 2 saturated heterocycles. The number of carbonyl (C=O) groups is 1. The topological polar surface area (TPSA) is 90.4 Å². The lowest BCUT2D eigenvalue weighted by molar-refractivity contribution is 0.0599. The molecule has 0 N–H and O–H groups in total. The van der Waals surface area contributed by atoms with Gasteiger partial charge >= 0.3 is 0 Å². The van der Waals surface area contributed by atoms with Crippen LogP contribution in [-0.4, -0.2) is 50.0 Å². The van der Waals surface area contributed by atoms with Gasteiger partial charge in [0.1, 0.15) is 17.6 Å². The number of nitriles is 1. The molecule has 0 spiro atoms. The Bertz CT molecular complexity index is 1160. The second-order valence-corrected chi connectivity index (χ2v) is 8.37. The molecule has 0 radical (unpaired) electrons. The van der Waals surface area contributed by atoms with E-state index in [1.54, 1.807) is 12.1 Å². The third-order valence-electron chi connectivity index (χ3n) is 6.25. The van der Waals surface area contributed by atoms with Crippen LogP contribution in [0.4, 0.5) is 5.82 Å². The van der Waals surface area contributed by atoms with Crippen LogP contribution in [0, 0.1) is 18.3 Å². The molecule has 31 heavy (non-hydrogen) atoms. The van der Waals surface area contributed by atoms with Gasteiger partial charge in [-0.25, -0.2) is 14.5 Å². The van der Waals surface area contributed by atoms with E-state index < -0.39 is 0 Å². The molecule has 158 valence electrons. The summed E-state index contributed by atoms with van der Waals surface area (Å²) in [4.78, 5) is 26.5. The Hall–Kier alpha value is -3.47. The summed E-state index contributed by atoms with van der Waals surface area (Å²) in [5, 5.41) is 13.8. The van der Waals surface area contributed by atoms with Crippen LogP contribution >= 0.6 is 0 Å². The number of fused-ring (bicyclic) bond motifs is 1. The molecule has 0 unspecified atom stereocenters. The van der Waals surface area contributed by atoms with E-state index in [9.17, 15) is 4.79 Å². The Kier molecular flexibility index (Phi) is 5.02. The molecule has 0 aliphatic carbocycles. The summed E-state index contributed by atoms with van der Waals surface area (Å²) < 4.78 is 1.83. The van der Waals surface area contributed by atoms with Crippen LogP contribution in [0.2, 0.25) is 0 Å². The lowest BCUT2D eigenvalue weighted by Crippen LogP contribution is -2.39. The van der Waals surface area contributed by atoms with E-state index in [0.717, 1.165) is 55.1 Å². The van der Waals surface area contributed by atoms with E-state index in [0.29, 0.717) is 17.8 Å². The minimum Gasteiger partial charge on any atom is -0.356 e. The quantitative estimate of drug-likeness (QED) is 0.652. The number of amides is 1. The summed E-state index contributed by atoms with van der Waals surface area (Å²) in [7, 11) is 0. The van der Waals surface area contributed by atoms with Crippen molar-refractivity contribution >= 4 is 17.4 Å². The Morgan fingerprint density at radius 1 is 1.16 bits per heavy atom. The first-order valence-electron chi connectivity index (χ1n) is 10.9. The number of aromatic nitrogens is 4. The molecule has 0 saturated carbocycles. The Morgan fingerprint density at radius 2 is 1.97 bits per heavy atom. The van der Waals surface area contributed by atoms with Crippen LogP contribution in [-0.2, 0) is 0 Å². The maximum absolute atomic E-state index is 13.2. The lowest BCUT2D eigenvalue weighted by Gasteiger charge is -2.34. The number of piperidine rings is 1. The molecular weight excluding hydrogens is 390 g/mol. The van der Waals surface area contributed by atoms with Crippen LogP contribution in [0.15, 0.2) is 30.6 Å². The maximum Gasteiger partial charge on any atom is 0.273 e. The molecule has 5 rings (SSSR count). The van der Waals surface area contributed by atoms with Gasteiger partial charge in [0.25, 0.3) is 5.91 Å². The third kappa shape index (κ3) is 3.61. The van der Waals surface area contributed by atoms with Crippen LogP contribution in [0.1, 0.15) is 65.5 Å². The largest absolute Gasteiger partial charge is 0.356 e. The minimum absolute atomic E-state index is 0.101. The number of anilines is 1. The molecule has 5 heterocycles. The highest BCUT2D eigenvalue weighted by Gasteiger charge is 2.31. The van der Waals surface area contributed by atoms with Crippen molar-refractivity contribution < 1.29 is 4.79 Å². The van der Waals surface area contributed by atoms with Gasteiger partial charge in [0, 0.05) is 43.7 Å². The highest BCUT2D eigenvalue weighted by Crippen LogP contribution is 2.32. The number of pyridine rings is 1. The molecule has 1 amide bonds. The van der Waals surface area contributed by atoms with Crippen molar-refractivity contribution in [3.8, 4) is 6.07 Å². The summed E-state index contributed by atoms with van der Waals surface area (Å²) in [6, 6.07) is 7.22. The van der Waals surface area contributed by atoms with E-state index in [2.05, 4.69) is 16.8 Å². The first-order chi connectivity index (χ1) is 15.1. The van der Waals surface area contributed by atoms with Gasteiger partial charge < -0.3 is 9.80 Å². The molecule has 2 fully saturated rings. The fraction of sp³-hybridized carbons (Fsp3) is 0.435. The molecule has 8 heteroatoms. The summed E-state index contributed by atoms with van der Waals surface area (Å²) in [6.45, 7) is 4.85. The highest BCUT2D eigenvalue weighted by molar-refractivity contribution is 5.92. The Balaban J connectivity index is 1.46. The maximum atomic E-state index is 13.2. The Morgan fingerprint density at radius 3 is 2.71 bits per heavy atom. The van der Waals surface area contributed by atoms with Crippen molar-refractivity contribution in [3.05, 3.63) is 53.1 Å². The molecule has 2 aliphatic heterocycles. The molecular formula is C23H25N7O. The molecule has 3 aromatic rings. The van der Waals surface area contributed by atoms with Crippen molar-refractivity contribution in [3.63, 3.8) is 0 Å². The van der Waals surface area contributed by atoms with Gasteiger partial charge in [0.2, 0.25) is 0 Å². The van der Waals surface area contributed by atoms with Crippen molar-refractivity contribution in [1.29, 1.82) is 5.26 Å². The van der Waals surface area contributed by atoms with Crippen LogP contribution in [0.3, 0.4) is 0 Å². The highest BCUT2D eigenvalue weighted by atomic mass is 16.2. The summed E-state index contributed by atoms with van der Waals surface area (Å²) in [5.74, 6) is 0.919. The number of aryl methyl sites for hydroxylation is 1. The first-order valence-corrected chi connectivity index (χ1v) is 10.9. The van der Waals surface area contributed by atoms with E-state index >= 15 is 0 Å². The van der Waals surface area contributed by atoms with Crippen molar-refractivity contribution in [2.75, 3.05) is 24.5 Å². The zero-order chi connectivity index (χ0) is 21.4.